The van der Waals surface area contributed by atoms with Gasteiger partial charge in [-0.05, 0) is 71.0 Å². The Bertz CT molecular complexity index is 615. The van der Waals surface area contributed by atoms with Crippen LogP contribution in [0.15, 0.2) is 0 Å². The van der Waals surface area contributed by atoms with Crippen molar-refractivity contribution in [1.29, 1.82) is 0 Å². The largest absolute Gasteiger partial charge is 0.466 e. The first kappa shape index (κ1) is 65.7. The molecule has 0 amide bonds. The number of nitrogens with zero attached hydrogens (tertiary/aromatic N) is 1. The van der Waals surface area contributed by atoms with Crippen molar-refractivity contribution in [1.82, 2.24) is 4.90 Å². The number of carbonyl (C=O) groups is 1. The van der Waals surface area contributed by atoms with E-state index in [-0.39, 0.29) is 83.6 Å². The van der Waals surface area contributed by atoms with E-state index in [1.165, 1.54) is 187 Å². The van der Waals surface area contributed by atoms with Crippen LogP contribution in [0, 0.1) is 13.8 Å². The quantitative estimate of drug-likeness (QED) is 0.0365. The predicted molar refractivity (Wildman–Crippen MR) is 235 cm³/mol. The van der Waals surface area contributed by atoms with Crippen molar-refractivity contribution in [2.75, 3.05) is 26.2 Å². The van der Waals surface area contributed by atoms with Crippen LogP contribution in [0.2, 0.25) is 0 Å². The summed E-state index contributed by atoms with van der Waals surface area (Å²) in [6.07, 6.45) is 42.0. The molecule has 7 heteroatoms. The Balaban J connectivity index is -0.000000226. The van der Waals surface area contributed by atoms with Crippen molar-refractivity contribution in [3.05, 3.63) is 13.8 Å². The fourth-order valence-corrected chi connectivity index (χ4v) is 6.59. The maximum absolute atomic E-state index is 10.7. The first-order valence-electron chi connectivity index (χ1n) is 23.6. The van der Waals surface area contributed by atoms with E-state index in [0.717, 1.165) is 57.9 Å². The fourth-order valence-electron chi connectivity index (χ4n) is 6.59. The van der Waals surface area contributed by atoms with E-state index in [9.17, 15) is 15.0 Å². The fraction of sp³-hybridized carbons (Fsp3) is 0.938. The third-order valence-electron chi connectivity index (χ3n) is 10.2. The van der Waals surface area contributed by atoms with Crippen LogP contribution in [0.3, 0.4) is 0 Å². The van der Waals surface area contributed by atoms with Crippen LogP contribution in [0.25, 0.3) is 0 Å². The number of aliphatic hydroxyl groups is 2. The second-order valence-electron chi connectivity index (χ2n) is 15.8. The summed E-state index contributed by atoms with van der Waals surface area (Å²) in [5.41, 5.74) is 0. The monoisotopic (exact) mass is 932 g/mol. The minimum Gasteiger partial charge on any atom is -0.466 e. The number of ether oxygens (including phenoxy) is 1. The van der Waals surface area contributed by atoms with Crippen molar-refractivity contribution in [2.24, 2.45) is 0 Å². The summed E-state index contributed by atoms with van der Waals surface area (Å²) in [5, 5.41) is 19.5. The molecule has 0 aromatic heterocycles. The number of hydrogen-bond donors (Lipinski definition) is 2. The summed E-state index contributed by atoms with van der Waals surface area (Å²) >= 11 is 0. The Labute approximate surface area is 397 Å². The van der Waals surface area contributed by atoms with Crippen LogP contribution in [0.1, 0.15) is 253 Å². The number of aliphatic hydroxyl groups excluding tert-OH is 2. The van der Waals surface area contributed by atoms with Crippen molar-refractivity contribution in [3.8, 4) is 0 Å². The van der Waals surface area contributed by atoms with Crippen molar-refractivity contribution in [3.63, 3.8) is 0 Å². The number of esters is 1. The zero-order chi connectivity index (χ0) is 39.9. The van der Waals surface area contributed by atoms with E-state index in [0.29, 0.717) is 6.61 Å². The average Bonchev–Trinajstić information content (AvgIpc) is 3.15. The van der Waals surface area contributed by atoms with Gasteiger partial charge in [-0.2, -0.15) is 12.8 Å². The second-order valence-corrected chi connectivity index (χ2v) is 15.8. The minimum absolute atomic E-state index is 0. The van der Waals surface area contributed by atoms with Crippen LogP contribution >= 0.6 is 0 Å². The minimum atomic E-state index is -0.173. The number of unbranched alkanes of at least 4 members (excludes halogenated alkanes) is 23. The van der Waals surface area contributed by atoms with E-state index in [1.807, 2.05) is 0 Å². The molecule has 0 heterocycles. The Morgan fingerprint density at radius 3 is 1.04 bits per heavy atom. The Morgan fingerprint density at radius 1 is 0.455 bits per heavy atom. The molecule has 0 fully saturated rings. The van der Waals surface area contributed by atoms with E-state index < -0.39 is 0 Å². The molecule has 0 aromatic rings. The van der Waals surface area contributed by atoms with Crippen LogP contribution in [0.4, 0.5) is 0 Å². The van der Waals surface area contributed by atoms with E-state index in [1.54, 1.807) is 0 Å². The van der Waals surface area contributed by atoms with Gasteiger partial charge in [0.25, 0.3) is 0 Å². The molecule has 0 bridgehead atoms. The second kappa shape index (κ2) is 59.9. The summed E-state index contributed by atoms with van der Waals surface area (Å²) in [6, 6.07) is 0. The Kier molecular flexibility index (Phi) is 71.5. The molecule has 0 rings (SSSR count). The third kappa shape index (κ3) is 64.9. The van der Waals surface area contributed by atoms with Gasteiger partial charge in [-0.15, -0.1) is 0 Å². The van der Waals surface area contributed by atoms with Gasteiger partial charge in [0.05, 0.1) is 18.8 Å². The third-order valence-corrected chi connectivity index (χ3v) is 10.2. The van der Waals surface area contributed by atoms with Gasteiger partial charge in [0.2, 0.25) is 0 Å². The van der Waals surface area contributed by atoms with Crippen LogP contribution < -0.4 is 0 Å². The molecule has 0 aliphatic rings. The van der Waals surface area contributed by atoms with E-state index in [4.69, 9.17) is 4.74 Å². The molecule has 2 unspecified atom stereocenters. The maximum Gasteiger partial charge on any atom is 0.302 e. The molecule has 0 aromatic carbocycles. The van der Waals surface area contributed by atoms with Crippen molar-refractivity contribution < 1.29 is 85.2 Å². The maximum atomic E-state index is 10.7. The molecular formula is C48H99NO4Y2-2. The van der Waals surface area contributed by atoms with Crippen LogP contribution in [-0.4, -0.2) is 59.5 Å². The van der Waals surface area contributed by atoms with Crippen molar-refractivity contribution >= 4 is 5.97 Å². The van der Waals surface area contributed by atoms with Crippen molar-refractivity contribution in [2.45, 2.75) is 265 Å². The number of rotatable bonds is 39. The molecule has 2 N–H and O–H groups in total. The molecule has 0 saturated heterocycles. The van der Waals surface area contributed by atoms with Gasteiger partial charge in [-0.3, -0.25) is 4.79 Å². The normalized spacial score (nSPS) is 11.7. The zero-order valence-electron chi connectivity index (χ0n) is 38.3. The summed E-state index contributed by atoms with van der Waals surface area (Å²) in [6.45, 7) is 22.3. The van der Waals surface area contributed by atoms with Gasteiger partial charge < -0.3 is 33.7 Å². The number of hydrogen-bond acceptors (Lipinski definition) is 5. The molecule has 0 spiro atoms. The average molecular weight is 932 g/mol. The molecule has 0 aliphatic carbocycles. The molecule has 2 radical (unpaired) electrons. The molecular weight excluding hydrogens is 832 g/mol. The van der Waals surface area contributed by atoms with E-state index in [2.05, 4.69) is 46.4 Å². The van der Waals surface area contributed by atoms with Gasteiger partial charge in [0.15, 0.2) is 0 Å². The van der Waals surface area contributed by atoms with Gasteiger partial charge in [-0.25, -0.2) is 0 Å². The summed E-state index contributed by atoms with van der Waals surface area (Å²) < 4.78 is 4.98. The molecule has 328 valence electrons. The number of carbonyl (C=O) groups excluding carboxylic acids is 1. The van der Waals surface area contributed by atoms with Gasteiger partial charge in [-0.1, -0.05) is 182 Å². The Hall–Kier alpha value is 1.56. The first-order valence-corrected chi connectivity index (χ1v) is 23.6. The topological polar surface area (TPSA) is 70.0 Å². The molecule has 5 nitrogen and oxygen atoms in total. The summed E-state index contributed by atoms with van der Waals surface area (Å²) in [4.78, 5) is 13.3. The van der Waals surface area contributed by atoms with Gasteiger partial charge >= 0.3 is 5.97 Å². The smallest absolute Gasteiger partial charge is 0.302 e. The zero-order valence-corrected chi connectivity index (χ0v) is 43.9. The summed E-state index contributed by atoms with van der Waals surface area (Å²) in [5.74, 6) is -0.173. The summed E-state index contributed by atoms with van der Waals surface area (Å²) in [7, 11) is 0. The predicted octanol–water partition coefficient (Wildman–Crippen LogP) is 14.6. The standard InChI is InChI=1S/C18H35NO2.2C15H32O.2Y/c1-4-6-8-10-14-19(15-11-9-7-5-2)16-12-13-17-21-18(3)20;2*1-3-5-7-9-10-12-14-15(16)13-11-8-6-4-2;;/h1-2,4-17H2,3H3;2*15-16H,3-14H2,1-2H3;;/q-2;;;;. The van der Waals surface area contributed by atoms with Gasteiger partial charge in [0.1, 0.15) is 0 Å². The molecule has 2 atom stereocenters. The Morgan fingerprint density at radius 2 is 0.727 bits per heavy atom. The molecule has 0 saturated carbocycles. The van der Waals surface area contributed by atoms with Crippen LogP contribution in [0.5, 0.6) is 0 Å². The molecule has 55 heavy (non-hydrogen) atoms. The van der Waals surface area contributed by atoms with E-state index >= 15 is 0 Å². The van der Waals surface area contributed by atoms with Gasteiger partial charge in [0, 0.05) is 72.3 Å². The van der Waals surface area contributed by atoms with Crippen LogP contribution in [-0.2, 0) is 74.9 Å². The first-order chi connectivity index (χ1) is 25.8. The SMILES string of the molecule is CCCCCCCCC(O)CCCCCC.CCCCCCCCC(O)CCCCCC.[CH2-]CCCCCN(CCCCC[CH2-])CCCCOC(C)=O.[Y].[Y]. The molecule has 0 aliphatic heterocycles.